The van der Waals surface area contributed by atoms with Gasteiger partial charge in [0.1, 0.15) is 11.2 Å². The van der Waals surface area contributed by atoms with Gasteiger partial charge in [-0.25, -0.2) is 0 Å². The maximum atomic E-state index is 13.2. The van der Waals surface area contributed by atoms with Crippen LogP contribution < -0.4 is 10.6 Å². The van der Waals surface area contributed by atoms with Gasteiger partial charge in [-0.1, -0.05) is 42.7 Å². The van der Waals surface area contributed by atoms with E-state index in [1.807, 2.05) is 38.1 Å². The van der Waals surface area contributed by atoms with Gasteiger partial charge in [0.25, 0.3) is 11.8 Å². The van der Waals surface area contributed by atoms with E-state index < -0.39 is 5.54 Å². The van der Waals surface area contributed by atoms with Crippen molar-refractivity contribution in [3.63, 3.8) is 0 Å². The number of rotatable bonds is 6. The summed E-state index contributed by atoms with van der Waals surface area (Å²) in [6.07, 6.45) is 4.17. The van der Waals surface area contributed by atoms with Crippen molar-refractivity contribution in [2.45, 2.75) is 71.1 Å². The quantitative estimate of drug-likeness (QED) is 0.725. The Morgan fingerprint density at radius 1 is 1.19 bits per heavy atom. The summed E-state index contributed by atoms with van der Waals surface area (Å²) in [7, 11) is 0. The van der Waals surface area contributed by atoms with Gasteiger partial charge in [-0.05, 0) is 39.2 Å². The van der Waals surface area contributed by atoms with Crippen LogP contribution in [0, 0.1) is 6.92 Å². The van der Waals surface area contributed by atoms with E-state index in [9.17, 15) is 14.4 Å². The van der Waals surface area contributed by atoms with E-state index in [1.165, 1.54) is 10.7 Å². The first-order valence-electron chi connectivity index (χ1n) is 11.4. The zero-order valence-corrected chi connectivity index (χ0v) is 19.0. The lowest BCUT2D eigenvalue weighted by Gasteiger charge is -2.43. The summed E-state index contributed by atoms with van der Waals surface area (Å²) >= 11 is 0. The number of benzene rings is 1. The van der Waals surface area contributed by atoms with Gasteiger partial charge in [0.05, 0.1) is 6.54 Å². The van der Waals surface area contributed by atoms with Gasteiger partial charge in [0, 0.05) is 25.2 Å². The number of hydrogen-bond acceptors (Lipinski definition) is 4. The fraction of sp³-hybridized carbons (Fsp3) is 0.500. The van der Waals surface area contributed by atoms with Crippen LogP contribution >= 0.6 is 0 Å². The standard InChI is InChI=1S/C24H31N5O3/c1-4-28-22(31)20-13-19(21(30)25-14-17-11-9-16(2)10-12-17)27-29(20)15-24(28,3)23(32)26-18-7-5-6-8-18/h9-13,18H,4-8,14-15H2,1-3H3,(H,25,30)(H,26,32). The molecule has 2 aliphatic rings. The summed E-state index contributed by atoms with van der Waals surface area (Å²) in [4.78, 5) is 40.7. The summed E-state index contributed by atoms with van der Waals surface area (Å²) in [5.74, 6) is -0.792. The molecule has 0 bridgehead atoms. The Morgan fingerprint density at radius 2 is 1.88 bits per heavy atom. The topological polar surface area (TPSA) is 96.3 Å². The molecule has 0 spiro atoms. The third-order valence-electron chi connectivity index (χ3n) is 6.60. The zero-order chi connectivity index (χ0) is 22.9. The van der Waals surface area contributed by atoms with Crippen molar-refractivity contribution < 1.29 is 14.4 Å². The Bertz CT molecular complexity index is 1020. The molecule has 8 nitrogen and oxygen atoms in total. The first kappa shape index (κ1) is 22.0. The predicted molar refractivity (Wildman–Crippen MR) is 120 cm³/mol. The molecule has 32 heavy (non-hydrogen) atoms. The lowest BCUT2D eigenvalue weighted by atomic mass is 9.94. The Kier molecular flexibility index (Phi) is 6.04. The maximum Gasteiger partial charge on any atom is 0.273 e. The third kappa shape index (κ3) is 4.13. The van der Waals surface area contributed by atoms with E-state index in [0.717, 1.165) is 36.8 Å². The molecule has 3 amide bonds. The van der Waals surface area contributed by atoms with Crippen LogP contribution in [0.2, 0.25) is 0 Å². The van der Waals surface area contributed by atoms with Gasteiger partial charge in [-0.3, -0.25) is 19.1 Å². The number of nitrogens with one attached hydrogen (secondary N) is 2. The van der Waals surface area contributed by atoms with E-state index in [2.05, 4.69) is 15.7 Å². The molecule has 1 atom stereocenters. The van der Waals surface area contributed by atoms with Crippen LogP contribution in [0.25, 0.3) is 0 Å². The Morgan fingerprint density at radius 3 is 2.53 bits per heavy atom. The van der Waals surface area contributed by atoms with Crippen LogP contribution in [0.1, 0.15) is 71.6 Å². The second-order valence-corrected chi connectivity index (χ2v) is 9.02. The Balaban J connectivity index is 1.51. The SMILES string of the molecule is CCN1C(=O)c2cc(C(=O)NCc3ccc(C)cc3)nn2CC1(C)C(=O)NC1CCCC1. The molecular weight excluding hydrogens is 406 g/mol. The number of fused-ring (bicyclic) bond motifs is 1. The van der Waals surface area contributed by atoms with Crippen LogP contribution in [0.4, 0.5) is 0 Å². The molecule has 1 saturated carbocycles. The fourth-order valence-electron chi connectivity index (χ4n) is 4.64. The summed E-state index contributed by atoms with van der Waals surface area (Å²) < 4.78 is 1.50. The van der Waals surface area contributed by atoms with Crippen LogP contribution in [-0.2, 0) is 17.9 Å². The van der Waals surface area contributed by atoms with Gasteiger partial charge in [0.2, 0.25) is 5.91 Å². The van der Waals surface area contributed by atoms with Crippen molar-refractivity contribution in [1.29, 1.82) is 0 Å². The number of hydrogen-bond donors (Lipinski definition) is 2. The minimum Gasteiger partial charge on any atom is -0.351 e. The second-order valence-electron chi connectivity index (χ2n) is 9.02. The van der Waals surface area contributed by atoms with Crippen molar-refractivity contribution in [2.75, 3.05) is 6.54 Å². The summed E-state index contributed by atoms with van der Waals surface area (Å²) in [6.45, 7) is 6.63. The summed E-state index contributed by atoms with van der Waals surface area (Å²) in [6, 6.07) is 9.59. The van der Waals surface area contributed by atoms with Crippen LogP contribution in [0.5, 0.6) is 0 Å². The maximum absolute atomic E-state index is 13.2. The van der Waals surface area contributed by atoms with Gasteiger partial charge in [-0.2, -0.15) is 5.10 Å². The van der Waals surface area contributed by atoms with E-state index in [-0.39, 0.29) is 36.0 Å². The van der Waals surface area contributed by atoms with Crippen molar-refractivity contribution in [3.05, 3.63) is 52.8 Å². The molecule has 1 aliphatic carbocycles. The number of carbonyl (C=O) groups is 3. The number of aromatic nitrogens is 2. The Hall–Kier alpha value is -3.16. The number of amides is 3. The lowest BCUT2D eigenvalue weighted by molar-refractivity contribution is -0.133. The molecule has 1 unspecified atom stereocenters. The van der Waals surface area contributed by atoms with Crippen LogP contribution in [-0.4, -0.2) is 50.5 Å². The highest BCUT2D eigenvalue weighted by Crippen LogP contribution is 2.28. The Labute approximate surface area is 188 Å². The molecule has 2 aromatic rings. The smallest absolute Gasteiger partial charge is 0.273 e. The zero-order valence-electron chi connectivity index (χ0n) is 19.0. The molecule has 170 valence electrons. The van der Waals surface area contributed by atoms with Crippen LogP contribution in [0.3, 0.4) is 0 Å². The number of nitrogens with zero attached hydrogens (tertiary/aromatic N) is 3. The first-order valence-corrected chi connectivity index (χ1v) is 11.4. The molecule has 1 aromatic heterocycles. The highest BCUT2D eigenvalue weighted by Gasteiger charge is 2.48. The minimum absolute atomic E-state index is 0.161. The molecule has 2 heterocycles. The third-order valence-corrected chi connectivity index (χ3v) is 6.60. The minimum atomic E-state index is -1.05. The molecule has 0 radical (unpaired) electrons. The first-order chi connectivity index (χ1) is 15.3. The highest BCUT2D eigenvalue weighted by molar-refractivity contribution is 6.01. The average Bonchev–Trinajstić information content (AvgIpc) is 3.43. The number of carbonyl (C=O) groups excluding carboxylic acids is 3. The van der Waals surface area contributed by atoms with Gasteiger partial charge >= 0.3 is 0 Å². The van der Waals surface area contributed by atoms with E-state index >= 15 is 0 Å². The van der Waals surface area contributed by atoms with Crippen molar-refractivity contribution >= 4 is 17.7 Å². The van der Waals surface area contributed by atoms with Gasteiger partial charge in [-0.15, -0.1) is 0 Å². The van der Waals surface area contributed by atoms with Crippen molar-refractivity contribution in [1.82, 2.24) is 25.3 Å². The van der Waals surface area contributed by atoms with Gasteiger partial charge < -0.3 is 15.5 Å². The molecule has 0 saturated heterocycles. The summed E-state index contributed by atoms with van der Waals surface area (Å²) in [5, 5.41) is 10.4. The van der Waals surface area contributed by atoms with E-state index in [1.54, 1.807) is 11.8 Å². The molecule has 2 N–H and O–H groups in total. The van der Waals surface area contributed by atoms with Crippen molar-refractivity contribution in [2.24, 2.45) is 0 Å². The van der Waals surface area contributed by atoms with Gasteiger partial charge in [0.15, 0.2) is 5.69 Å². The van der Waals surface area contributed by atoms with E-state index in [0.29, 0.717) is 18.8 Å². The predicted octanol–water partition coefficient (Wildman–Crippen LogP) is 2.41. The monoisotopic (exact) mass is 437 g/mol. The largest absolute Gasteiger partial charge is 0.351 e. The molecule has 4 rings (SSSR count). The van der Waals surface area contributed by atoms with Crippen LogP contribution in [0.15, 0.2) is 30.3 Å². The second kappa shape index (κ2) is 8.76. The highest BCUT2D eigenvalue weighted by atomic mass is 16.2. The molecule has 1 fully saturated rings. The normalized spacial score (nSPS) is 20.8. The molecule has 1 aliphatic heterocycles. The average molecular weight is 438 g/mol. The molecular formula is C24H31N5O3. The fourth-order valence-corrected chi connectivity index (χ4v) is 4.64. The summed E-state index contributed by atoms with van der Waals surface area (Å²) in [5.41, 5.74) is 1.59. The van der Waals surface area contributed by atoms with Crippen molar-refractivity contribution in [3.8, 4) is 0 Å². The van der Waals surface area contributed by atoms with E-state index in [4.69, 9.17) is 0 Å². The molecule has 1 aromatic carbocycles. The lowest BCUT2D eigenvalue weighted by Crippen LogP contribution is -2.64. The molecule has 8 heteroatoms. The number of aryl methyl sites for hydroxylation is 1. The number of likely N-dealkylation sites (N-methyl/N-ethyl adjacent to an activating group) is 1.